The van der Waals surface area contributed by atoms with Gasteiger partial charge in [0.1, 0.15) is 0 Å². The van der Waals surface area contributed by atoms with Gasteiger partial charge in [0.05, 0.1) is 22.9 Å². The standard InChI is InChI=1S/C14H18N2O4S/c1-9(17)15-12-6-5-11(21-12)13(18)16-7-3-4-10(8-16)14(19)20-2/h5-6,10H,3-4,7-8H2,1-2H3,(H,15,17)/t10-/m0/s1. The SMILES string of the molecule is COC(=O)[C@H]1CCCN(C(=O)c2ccc(NC(C)=O)s2)C1. The Bertz CT molecular complexity index is 555. The highest BCUT2D eigenvalue weighted by molar-refractivity contribution is 7.18. The number of thiophene rings is 1. The number of anilines is 1. The van der Waals surface area contributed by atoms with Crippen molar-refractivity contribution in [1.29, 1.82) is 0 Å². The molecule has 1 N–H and O–H groups in total. The number of rotatable bonds is 3. The van der Waals surface area contributed by atoms with E-state index < -0.39 is 0 Å². The summed E-state index contributed by atoms with van der Waals surface area (Å²) >= 11 is 1.24. The van der Waals surface area contributed by atoms with E-state index in [1.165, 1.54) is 25.4 Å². The van der Waals surface area contributed by atoms with Gasteiger partial charge in [0, 0.05) is 20.0 Å². The van der Waals surface area contributed by atoms with Gasteiger partial charge >= 0.3 is 5.97 Å². The quantitative estimate of drug-likeness (QED) is 0.863. The third-order valence-corrected chi connectivity index (χ3v) is 4.35. The van der Waals surface area contributed by atoms with Crippen LogP contribution in [0.1, 0.15) is 29.4 Å². The lowest BCUT2D eigenvalue weighted by Crippen LogP contribution is -2.42. The summed E-state index contributed by atoms with van der Waals surface area (Å²) in [6.45, 7) is 2.45. The first kappa shape index (κ1) is 15.5. The van der Waals surface area contributed by atoms with Crippen molar-refractivity contribution in [3.8, 4) is 0 Å². The van der Waals surface area contributed by atoms with Crippen molar-refractivity contribution in [2.75, 3.05) is 25.5 Å². The second-order valence-corrected chi connectivity index (χ2v) is 6.04. The summed E-state index contributed by atoms with van der Waals surface area (Å²) in [7, 11) is 1.36. The Kier molecular flexibility index (Phi) is 4.95. The van der Waals surface area contributed by atoms with Crippen LogP contribution in [0, 0.1) is 5.92 Å². The number of nitrogens with zero attached hydrogens (tertiary/aromatic N) is 1. The van der Waals surface area contributed by atoms with Gasteiger partial charge < -0.3 is 15.0 Å². The molecule has 0 spiro atoms. The van der Waals surface area contributed by atoms with E-state index in [2.05, 4.69) is 5.32 Å². The highest BCUT2D eigenvalue weighted by atomic mass is 32.1. The van der Waals surface area contributed by atoms with E-state index in [1.54, 1.807) is 17.0 Å². The summed E-state index contributed by atoms with van der Waals surface area (Å²) in [4.78, 5) is 37.2. The fraction of sp³-hybridized carbons (Fsp3) is 0.500. The minimum Gasteiger partial charge on any atom is -0.469 e. The molecule has 1 aliphatic heterocycles. The maximum absolute atomic E-state index is 12.4. The molecule has 6 nitrogen and oxygen atoms in total. The molecule has 2 heterocycles. The first-order valence-electron chi connectivity index (χ1n) is 6.75. The molecule has 1 fully saturated rings. The van der Waals surface area contributed by atoms with E-state index in [9.17, 15) is 14.4 Å². The molecular weight excluding hydrogens is 292 g/mol. The van der Waals surface area contributed by atoms with Gasteiger partial charge in [-0.1, -0.05) is 0 Å². The van der Waals surface area contributed by atoms with Gasteiger partial charge in [-0.05, 0) is 25.0 Å². The van der Waals surface area contributed by atoms with Crippen molar-refractivity contribution in [3.63, 3.8) is 0 Å². The van der Waals surface area contributed by atoms with Crippen LogP contribution in [-0.2, 0) is 14.3 Å². The summed E-state index contributed by atoms with van der Waals surface area (Å²) in [6.07, 6.45) is 1.54. The maximum atomic E-state index is 12.4. The molecular formula is C14H18N2O4S. The summed E-state index contributed by atoms with van der Waals surface area (Å²) < 4.78 is 4.75. The van der Waals surface area contributed by atoms with Gasteiger partial charge in [-0.3, -0.25) is 14.4 Å². The summed E-state index contributed by atoms with van der Waals surface area (Å²) in [5.41, 5.74) is 0. The Morgan fingerprint density at radius 3 is 2.81 bits per heavy atom. The second kappa shape index (κ2) is 6.71. The largest absolute Gasteiger partial charge is 0.469 e. The lowest BCUT2D eigenvalue weighted by molar-refractivity contribution is -0.146. The van der Waals surface area contributed by atoms with Crippen molar-refractivity contribution < 1.29 is 19.1 Å². The van der Waals surface area contributed by atoms with E-state index in [-0.39, 0.29) is 23.7 Å². The average molecular weight is 310 g/mol. The van der Waals surface area contributed by atoms with Gasteiger partial charge in [-0.25, -0.2) is 0 Å². The summed E-state index contributed by atoms with van der Waals surface area (Å²) in [5, 5.41) is 3.30. The van der Waals surface area contributed by atoms with Crippen molar-refractivity contribution in [1.82, 2.24) is 4.90 Å². The zero-order valence-electron chi connectivity index (χ0n) is 12.0. The van der Waals surface area contributed by atoms with Gasteiger partial charge in [0.25, 0.3) is 5.91 Å². The molecule has 1 aliphatic rings. The molecule has 21 heavy (non-hydrogen) atoms. The number of ether oxygens (including phenoxy) is 1. The Morgan fingerprint density at radius 2 is 2.14 bits per heavy atom. The Labute approximate surface area is 127 Å². The lowest BCUT2D eigenvalue weighted by Gasteiger charge is -2.31. The maximum Gasteiger partial charge on any atom is 0.310 e. The first-order chi connectivity index (χ1) is 10.0. The van der Waals surface area contributed by atoms with Crippen LogP contribution in [0.25, 0.3) is 0 Å². The molecule has 0 radical (unpaired) electrons. The van der Waals surface area contributed by atoms with Crippen molar-refractivity contribution >= 4 is 34.1 Å². The average Bonchev–Trinajstić information content (AvgIpc) is 2.93. The monoisotopic (exact) mass is 310 g/mol. The third-order valence-electron chi connectivity index (χ3n) is 3.36. The number of likely N-dealkylation sites (tertiary alicyclic amines) is 1. The molecule has 1 aromatic heterocycles. The molecule has 0 bridgehead atoms. The number of piperidine rings is 1. The Balaban J connectivity index is 2.03. The first-order valence-corrected chi connectivity index (χ1v) is 7.57. The molecule has 2 amide bonds. The predicted octanol–water partition coefficient (Wildman–Crippen LogP) is 1.73. The van der Waals surface area contributed by atoms with E-state index in [0.717, 1.165) is 12.8 Å². The Morgan fingerprint density at radius 1 is 1.38 bits per heavy atom. The third kappa shape index (κ3) is 3.81. The molecule has 0 unspecified atom stereocenters. The number of nitrogens with one attached hydrogen (secondary N) is 1. The van der Waals surface area contributed by atoms with Crippen LogP contribution >= 0.6 is 11.3 Å². The summed E-state index contributed by atoms with van der Waals surface area (Å²) in [5.74, 6) is -0.787. The van der Waals surface area contributed by atoms with E-state index in [4.69, 9.17) is 4.74 Å². The molecule has 7 heteroatoms. The molecule has 0 aromatic carbocycles. The number of hydrogen-bond donors (Lipinski definition) is 1. The van der Waals surface area contributed by atoms with Crippen molar-refractivity contribution in [3.05, 3.63) is 17.0 Å². The van der Waals surface area contributed by atoms with Gasteiger partial charge in [-0.2, -0.15) is 0 Å². The van der Waals surface area contributed by atoms with Crippen LogP contribution in [0.2, 0.25) is 0 Å². The molecule has 0 saturated carbocycles. The topological polar surface area (TPSA) is 75.7 Å². The van der Waals surface area contributed by atoms with E-state index in [0.29, 0.717) is 23.0 Å². The lowest BCUT2D eigenvalue weighted by atomic mass is 9.98. The fourth-order valence-electron chi connectivity index (χ4n) is 2.37. The number of hydrogen-bond acceptors (Lipinski definition) is 5. The van der Waals surface area contributed by atoms with Crippen molar-refractivity contribution in [2.24, 2.45) is 5.92 Å². The fourth-order valence-corrected chi connectivity index (χ4v) is 3.29. The molecule has 114 valence electrons. The van der Waals surface area contributed by atoms with Crippen LogP contribution in [-0.4, -0.2) is 42.9 Å². The Hall–Kier alpha value is -1.89. The predicted molar refractivity (Wildman–Crippen MR) is 79.3 cm³/mol. The minimum absolute atomic E-state index is 0.106. The van der Waals surface area contributed by atoms with Crippen LogP contribution < -0.4 is 5.32 Å². The number of esters is 1. The minimum atomic E-state index is -0.266. The van der Waals surface area contributed by atoms with Gasteiger partial charge in [-0.15, -0.1) is 11.3 Å². The van der Waals surface area contributed by atoms with Crippen LogP contribution in [0.4, 0.5) is 5.00 Å². The highest BCUT2D eigenvalue weighted by Gasteiger charge is 2.30. The van der Waals surface area contributed by atoms with Gasteiger partial charge in [0.2, 0.25) is 5.91 Å². The molecule has 1 atom stereocenters. The zero-order chi connectivity index (χ0) is 15.4. The van der Waals surface area contributed by atoms with Gasteiger partial charge in [0.15, 0.2) is 0 Å². The highest BCUT2D eigenvalue weighted by Crippen LogP contribution is 2.25. The van der Waals surface area contributed by atoms with E-state index in [1.807, 2.05) is 0 Å². The second-order valence-electron chi connectivity index (χ2n) is 4.96. The number of carbonyl (C=O) groups excluding carboxylic acids is 3. The molecule has 2 rings (SSSR count). The van der Waals surface area contributed by atoms with E-state index >= 15 is 0 Å². The zero-order valence-corrected chi connectivity index (χ0v) is 12.9. The van der Waals surface area contributed by atoms with Crippen molar-refractivity contribution in [2.45, 2.75) is 19.8 Å². The van der Waals surface area contributed by atoms with Crippen LogP contribution in [0.5, 0.6) is 0 Å². The van der Waals surface area contributed by atoms with Crippen LogP contribution in [0.3, 0.4) is 0 Å². The molecule has 1 saturated heterocycles. The normalized spacial score (nSPS) is 18.2. The number of carbonyl (C=O) groups is 3. The summed E-state index contributed by atoms with van der Waals surface area (Å²) in [6, 6.07) is 3.40. The molecule has 0 aliphatic carbocycles. The smallest absolute Gasteiger partial charge is 0.310 e. The number of methoxy groups -OCH3 is 1. The number of amides is 2. The molecule has 1 aromatic rings. The van der Waals surface area contributed by atoms with Crippen LogP contribution in [0.15, 0.2) is 12.1 Å².